The molecule has 1 N–H and O–H groups in total. The van der Waals surface area contributed by atoms with Crippen molar-refractivity contribution in [3.63, 3.8) is 0 Å². The zero-order valence-electron chi connectivity index (χ0n) is 11.3. The summed E-state index contributed by atoms with van der Waals surface area (Å²) in [5.41, 5.74) is 0.168. The molecule has 7 heteroatoms. The van der Waals surface area contributed by atoms with Gasteiger partial charge in [0, 0.05) is 18.1 Å². The molecule has 2 heterocycles. The van der Waals surface area contributed by atoms with Crippen LogP contribution in [0, 0.1) is 0 Å². The molecule has 0 unspecified atom stereocenters. The van der Waals surface area contributed by atoms with E-state index in [2.05, 4.69) is 0 Å². The molecule has 21 heavy (non-hydrogen) atoms. The van der Waals surface area contributed by atoms with Gasteiger partial charge in [0.05, 0.1) is 16.2 Å². The summed E-state index contributed by atoms with van der Waals surface area (Å²) in [6.45, 7) is 2.24. The molecule has 2 aromatic rings. The number of rotatable bonds is 2. The molecule has 3 rings (SSSR count). The molecule has 1 aliphatic heterocycles. The van der Waals surface area contributed by atoms with Crippen LogP contribution in [-0.2, 0) is 22.8 Å². The monoisotopic (exact) mass is 307 g/mol. The molecular weight excluding hydrogens is 294 g/mol. The average molecular weight is 307 g/mol. The molecule has 0 saturated carbocycles. The molecule has 0 fully saturated rings. The van der Waals surface area contributed by atoms with Gasteiger partial charge in [0.15, 0.2) is 9.84 Å². The van der Waals surface area contributed by atoms with Crippen molar-refractivity contribution in [2.75, 3.05) is 5.75 Å². The Kier molecular flexibility index (Phi) is 2.91. The molecule has 1 aliphatic rings. The highest BCUT2D eigenvalue weighted by atomic mass is 32.2. The van der Waals surface area contributed by atoms with Crippen LogP contribution in [0.25, 0.3) is 10.9 Å². The lowest BCUT2D eigenvalue weighted by Gasteiger charge is -2.11. The fraction of sp³-hybridized carbons (Fsp3) is 0.286. The summed E-state index contributed by atoms with van der Waals surface area (Å²) in [6.07, 6.45) is 1.62. The molecule has 0 bridgehead atoms. The molecule has 6 nitrogen and oxygen atoms in total. The second-order valence-electron chi connectivity index (χ2n) is 5.01. The van der Waals surface area contributed by atoms with Gasteiger partial charge in [-0.2, -0.15) is 0 Å². The number of benzene rings is 1. The van der Waals surface area contributed by atoms with E-state index in [4.69, 9.17) is 5.11 Å². The number of aryl methyl sites for hydroxylation is 2. The van der Waals surface area contributed by atoms with Crippen LogP contribution in [0.2, 0.25) is 0 Å². The number of fused-ring (bicyclic) bond motifs is 2. The van der Waals surface area contributed by atoms with Gasteiger partial charge in [-0.1, -0.05) is 0 Å². The number of pyridine rings is 1. The number of carboxylic acid groups (broad SMARTS) is 1. The number of hydrogen-bond acceptors (Lipinski definition) is 4. The SMILES string of the molecule is CCn1cc(C(=O)O)c(=O)c2cc3c(cc21)S(=O)(=O)CC3. The highest BCUT2D eigenvalue weighted by molar-refractivity contribution is 7.91. The Morgan fingerprint density at radius 2 is 2.10 bits per heavy atom. The van der Waals surface area contributed by atoms with Crippen molar-refractivity contribution >= 4 is 26.7 Å². The van der Waals surface area contributed by atoms with Gasteiger partial charge in [0.1, 0.15) is 5.56 Å². The second-order valence-corrected chi connectivity index (χ2v) is 7.09. The number of hydrogen-bond donors (Lipinski definition) is 1. The van der Waals surface area contributed by atoms with E-state index in [1.54, 1.807) is 11.5 Å². The highest BCUT2D eigenvalue weighted by Gasteiger charge is 2.28. The Morgan fingerprint density at radius 3 is 2.71 bits per heavy atom. The first-order valence-electron chi connectivity index (χ1n) is 6.51. The summed E-state index contributed by atoms with van der Waals surface area (Å²) in [5, 5.41) is 9.37. The van der Waals surface area contributed by atoms with E-state index in [9.17, 15) is 18.0 Å². The predicted octanol–water partition coefficient (Wildman–Crippen LogP) is 1.05. The molecule has 0 amide bonds. The van der Waals surface area contributed by atoms with Crippen LogP contribution in [0.1, 0.15) is 22.8 Å². The maximum absolute atomic E-state index is 12.3. The topological polar surface area (TPSA) is 93.4 Å². The second kappa shape index (κ2) is 4.42. The summed E-state index contributed by atoms with van der Waals surface area (Å²) in [4.78, 5) is 23.7. The summed E-state index contributed by atoms with van der Waals surface area (Å²) in [6, 6.07) is 3.01. The van der Waals surface area contributed by atoms with Crippen molar-refractivity contribution in [3.8, 4) is 0 Å². The van der Waals surface area contributed by atoms with Gasteiger partial charge in [0.25, 0.3) is 0 Å². The Balaban J connectivity index is 2.48. The zero-order valence-corrected chi connectivity index (χ0v) is 12.1. The number of carboxylic acids is 1. The lowest BCUT2D eigenvalue weighted by molar-refractivity contribution is 0.0695. The maximum atomic E-state index is 12.3. The van der Waals surface area contributed by atoms with Gasteiger partial charge in [-0.25, -0.2) is 13.2 Å². The summed E-state index contributed by atoms with van der Waals surface area (Å²) < 4.78 is 25.5. The third-order valence-electron chi connectivity index (χ3n) is 3.81. The van der Waals surface area contributed by atoms with Gasteiger partial charge in [-0.15, -0.1) is 0 Å². The van der Waals surface area contributed by atoms with Crippen molar-refractivity contribution < 1.29 is 18.3 Å². The van der Waals surface area contributed by atoms with E-state index in [1.807, 2.05) is 0 Å². The first-order chi connectivity index (χ1) is 9.85. The number of nitrogens with zero attached hydrogens (tertiary/aromatic N) is 1. The van der Waals surface area contributed by atoms with E-state index < -0.39 is 21.2 Å². The summed E-state index contributed by atoms with van der Waals surface area (Å²) in [5.74, 6) is -1.25. The van der Waals surface area contributed by atoms with Gasteiger partial charge < -0.3 is 9.67 Å². The van der Waals surface area contributed by atoms with Gasteiger partial charge in [-0.05, 0) is 31.0 Å². The molecule has 0 saturated heterocycles. The Hall–Kier alpha value is -2.15. The fourth-order valence-corrected chi connectivity index (χ4v) is 4.28. The molecule has 0 aliphatic carbocycles. The predicted molar refractivity (Wildman–Crippen MR) is 76.6 cm³/mol. The minimum atomic E-state index is -3.29. The smallest absolute Gasteiger partial charge is 0.341 e. The van der Waals surface area contributed by atoms with Crippen LogP contribution in [0.5, 0.6) is 0 Å². The number of sulfone groups is 1. The normalized spacial score (nSPS) is 16.0. The van der Waals surface area contributed by atoms with Gasteiger partial charge in [0.2, 0.25) is 5.43 Å². The number of carbonyl (C=O) groups is 1. The molecule has 0 spiro atoms. The molecule has 1 aromatic carbocycles. The largest absolute Gasteiger partial charge is 0.477 e. The first kappa shape index (κ1) is 13.8. The molecular formula is C14H13NO5S. The Labute approximate surface area is 120 Å². The number of aromatic nitrogens is 1. The molecule has 0 radical (unpaired) electrons. The zero-order chi connectivity index (χ0) is 15.4. The van der Waals surface area contributed by atoms with Crippen LogP contribution in [0.4, 0.5) is 0 Å². The van der Waals surface area contributed by atoms with Gasteiger partial charge >= 0.3 is 5.97 Å². The van der Waals surface area contributed by atoms with Crippen molar-refractivity contribution in [3.05, 3.63) is 39.7 Å². The van der Waals surface area contributed by atoms with Crippen molar-refractivity contribution in [1.29, 1.82) is 0 Å². The van der Waals surface area contributed by atoms with E-state index in [0.29, 0.717) is 24.0 Å². The molecule has 110 valence electrons. The summed E-state index contributed by atoms with van der Waals surface area (Å²) in [7, 11) is -3.29. The third kappa shape index (κ3) is 1.96. The Morgan fingerprint density at radius 1 is 1.38 bits per heavy atom. The average Bonchev–Trinajstić information content (AvgIpc) is 2.73. The fourth-order valence-electron chi connectivity index (χ4n) is 2.72. The minimum absolute atomic E-state index is 0.0325. The molecule has 1 aromatic heterocycles. The van der Waals surface area contributed by atoms with Crippen LogP contribution >= 0.6 is 0 Å². The highest BCUT2D eigenvalue weighted by Crippen LogP contribution is 2.29. The van der Waals surface area contributed by atoms with E-state index in [-0.39, 0.29) is 21.6 Å². The quantitative estimate of drug-likeness (QED) is 0.895. The standard InChI is InChI=1S/C14H13NO5S/c1-2-15-7-10(14(17)18)13(16)9-5-8-3-4-21(19,20)12(8)6-11(9)15/h5-7H,2-4H2,1H3,(H,17,18). The van der Waals surface area contributed by atoms with Crippen LogP contribution in [-0.4, -0.2) is 29.8 Å². The van der Waals surface area contributed by atoms with Crippen LogP contribution < -0.4 is 5.43 Å². The lowest BCUT2D eigenvalue weighted by Crippen LogP contribution is -2.19. The van der Waals surface area contributed by atoms with Crippen molar-refractivity contribution in [2.24, 2.45) is 0 Å². The first-order valence-corrected chi connectivity index (χ1v) is 8.16. The van der Waals surface area contributed by atoms with Crippen LogP contribution in [0.3, 0.4) is 0 Å². The molecule has 0 atom stereocenters. The maximum Gasteiger partial charge on any atom is 0.341 e. The van der Waals surface area contributed by atoms with E-state index >= 15 is 0 Å². The van der Waals surface area contributed by atoms with Crippen LogP contribution in [0.15, 0.2) is 28.0 Å². The lowest BCUT2D eigenvalue weighted by atomic mass is 10.1. The van der Waals surface area contributed by atoms with E-state index in [1.165, 1.54) is 18.3 Å². The number of aromatic carboxylic acids is 1. The van der Waals surface area contributed by atoms with Crippen molar-refractivity contribution in [1.82, 2.24) is 4.57 Å². The Bertz CT molecular complexity index is 940. The third-order valence-corrected chi connectivity index (χ3v) is 5.60. The minimum Gasteiger partial charge on any atom is -0.477 e. The van der Waals surface area contributed by atoms with Gasteiger partial charge in [-0.3, -0.25) is 4.79 Å². The summed E-state index contributed by atoms with van der Waals surface area (Å²) >= 11 is 0. The van der Waals surface area contributed by atoms with E-state index in [0.717, 1.165) is 0 Å². The van der Waals surface area contributed by atoms with Crippen molar-refractivity contribution in [2.45, 2.75) is 24.8 Å².